The Morgan fingerprint density at radius 3 is 3.18 bits per heavy atom. The molecule has 17 heavy (non-hydrogen) atoms. The second kappa shape index (κ2) is 5.27. The van der Waals surface area contributed by atoms with Gasteiger partial charge >= 0.3 is 5.97 Å². The summed E-state index contributed by atoms with van der Waals surface area (Å²) in [5.74, 6) is 0.631. The van der Waals surface area contributed by atoms with Gasteiger partial charge in [-0.1, -0.05) is 0 Å². The van der Waals surface area contributed by atoms with Gasteiger partial charge in [0, 0.05) is 19.6 Å². The molecule has 94 valence electrons. The Bertz CT molecular complexity index is 403. The van der Waals surface area contributed by atoms with Crippen LogP contribution in [0.5, 0.6) is 0 Å². The molecule has 2 rings (SSSR count). The van der Waals surface area contributed by atoms with Crippen molar-refractivity contribution in [1.29, 1.82) is 0 Å². The third-order valence-electron chi connectivity index (χ3n) is 2.80. The predicted octanol–water partition coefficient (Wildman–Crippen LogP) is 1.17. The number of hydrogen-bond acceptors (Lipinski definition) is 4. The van der Waals surface area contributed by atoms with Gasteiger partial charge in [-0.05, 0) is 19.8 Å². The third kappa shape index (κ3) is 2.82. The van der Waals surface area contributed by atoms with Gasteiger partial charge in [-0.3, -0.25) is 4.79 Å². The molecule has 1 aromatic rings. The van der Waals surface area contributed by atoms with Crippen LogP contribution in [0.1, 0.15) is 43.9 Å². The first kappa shape index (κ1) is 12.0. The molecule has 1 atom stereocenters. The standard InChI is InChI=1S/C11H17N3O3/c1-2-17-8-4-3-7-14-11(8)12-9(13-14)5-6-10(15)16/h8H,2-7H2,1H3,(H,15,16). The molecule has 1 aromatic heterocycles. The number of aryl methyl sites for hydroxylation is 2. The highest BCUT2D eigenvalue weighted by Crippen LogP contribution is 2.26. The molecule has 1 N–H and O–H groups in total. The van der Waals surface area contributed by atoms with Gasteiger partial charge < -0.3 is 9.84 Å². The number of hydrogen-bond donors (Lipinski definition) is 1. The molecule has 0 fully saturated rings. The predicted molar refractivity (Wildman–Crippen MR) is 59.6 cm³/mol. The second-order valence-corrected chi connectivity index (χ2v) is 4.09. The van der Waals surface area contributed by atoms with Crippen LogP contribution >= 0.6 is 0 Å². The molecule has 6 nitrogen and oxygen atoms in total. The Labute approximate surface area is 99.6 Å². The minimum absolute atomic E-state index is 0.0137. The van der Waals surface area contributed by atoms with Crippen molar-refractivity contribution in [1.82, 2.24) is 14.8 Å². The third-order valence-corrected chi connectivity index (χ3v) is 2.80. The van der Waals surface area contributed by atoms with Crippen LogP contribution in [-0.4, -0.2) is 32.4 Å². The van der Waals surface area contributed by atoms with Crippen LogP contribution < -0.4 is 0 Å². The first-order valence-corrected chi connectivity index (χ1v) is 5.97. The lowest BCUT2D eigenvalue weighted by atomic mass is 10.1. The smallest absolute Gasteiger partial charge is 0.303 e. The van der Waals surface area contributed by atoms with Gasteiger partial charge in [-0.25, -0.2) is 9.67 Å². The highest BCUT2D eigenvalue weighted by Gasteiger charge is 2.24. The normalized spacial score (nSPS) is 19.0. The highest BCUT2D eigenvalue weighted by molar-refractivity contribution is 5.66. The zero-order valence-electron chi connectivity index (χ0n) is 9.93. The molecule has 0 saturated carbocycles. The summed E-state index contributed by atoms with van der Waals surface area (Å²) in [5, 5.41) is 12.9. The molecule has 1 aliphatic heterocycles. The van der Waals surface area contributed by atoms with Crippen molar-refractivity contribution >= 4 is 5.97 Å². The summed E-state index contributed by atoms with van der Waals surface area (Å²) in [4.78, 5) is 14.9. The molecule has 6 heteroatoms. The van der Waals surface area contributed by atoms with E-state index in [-0.39, 0.29) is 12.5 Å². The molecular formula is C11H17N3O3. The number of carboxylic acids is 1. The number of nitrogens with zero attached hydrogens (tertiary/aromatic N) is 3. The lowest BCUT2D eigenvalue weighted by molar-refractivity contribution is -0.137. The van der Waals surface area contributed by atoms with E-state index in [2.05, 4.69) is 10.1 Å². The zero-order valence-corrected chi connectivity index (χ0v) is 9.93. The van der Waals surface area contributed by atoms with Gasteiger partial charge in [-0.2, -0.15) is 5.10 Å². The Balaban J connectivity index is 2.10. The average molecular weight is 239 g/mol. The maximum atomic E-state index is 10.5. The van der Waals surface area contributed by atoms with E-state index in [0.717, 1.165) is 25.2 Å². The fourth-order valence-electron chi connectivity index (χ4n) is 2.04. The summed E-state index contributed by atoms with van der Waals surface area (Å²) < 4.78 is 7.46. The van der Waals surface area contributed by atoms with E-state index >= 15 is 0 Å². The largest absolute Gasteiger partial charge is 0.481 e. The van der Waals surface area contributed by atoms with E-state index in [1.165, 1.54) is 0 Å². The summed E-state index contributed by atoms with van der Waals surface area (Å²) in [6, 6.07) is 0. The summed E-state index contributed by atoms with van der Waals surface area (Å²) in [6.07, 6.45) is 2.46. The van der Waals surface area contributed by atoms with Crippen molar-refractivity contribution in [3.8, 4) is 0 Å². The first-order valence-electron chi connectivity index (χ1n) is 5.97. The minimum atomic E-state index is -0.820. The molecule has 0 aliphatic carbocycles. The topological polar surface area (TPSA) is 77.2 Å². The van der Waals surface area contributed by atoms with E-state index in [0.29, 0.717) is 18.9 Å². The second-order valence-electron chi connectivity index (χ2n) is 4.09. The van der Waals surface area contributed by atoms with Gasteiger partial charge in [0.1, 0.15) is 6.10 Å². The Morgan fingerprint density at radius 2 is 2.47 bits per heavy atom. The molecule has 2 heterocycles. The van der Waals surface area contributed by atoms with Crippen molar-refractivity contribution < 1.29 is 14.6 Å². The van der Waals surface area contributed by atoms with Crippen molar-refractivity contribution in [2.75, 3.05) is 6.61 Å². The Kier molecular flexibility index (Phi) is 3.73. The van der Waals surface area contributed by atoms with E-state index in [9.17, 15) is 4.79 Å². The zero-order chi connectivity index (χ0) is 12.3. The molecule has 0 aromatic carbocycles. The van der Waals surface area contributed by atoms with Crippen LogP contribution in [0.15, 0.2) is 0 Å². The van der Waals surface area contributed by atoms with Gasteiger partial charge in [0.2, 0.25) is 0 Å². The van der Waals surface area contributed by atoms with E-state index in [4.69, 9.17) is 9.84 Å². The molecule has 1 aliphatic rings. The van der Waals surface area contributed by atoms with Crippen LogP contribution in [0, 0.1) is 0 Å². The number of aromatic nitrogens is 3. The summed E-state index contributed by atoms with van der Waals surface area (Å²) >= 11 is 0. The average Bonchev–Trinajstić information content (AvgIpc) is 2.71. The lowest BCUT2D eigenvalue weighted by Crippen LogP contribution is -2.19. The van der Waals surface area contributed by atoms with E-state index < -0.39 is 5.97 Å². The van der Waals surface area contributed by atoms with Gasteiger partial charge in [0.25, 0.3) is 0 Å². The number of aliphatic carboxylic acids is 1. The number of carboxylic acid groups (broad SMARTS) is 1. The molecular weight excluding hydrogens is 222 g/mol. The molecule has 0 spiro atoms. The monoisotopic (exact) mass is 239 g/mol. The number of carbonyl (C=O) groups is 1. The van der Waals surface area contributed by atoms with Crippen LogP contribution in [0.3, 0.4) is 0 Å². The van der Waals surface area contributed by atoms with Crippen LogP contribution in [-0.2, 0) is 22.5 Å². The summed E-state index contributed by atoms with van der Waals surface area (Å²) in [5.41, 5.74) is 0. The lowest BCUT2D eigenvalue weighted by Gasteiger charge is -2.21. The fourth-order valence-corrected chi connectivity index (χ4v) is 2.04. The maximum absolute atomic E-state index is 10.5. The van der Waals surface area contributed by atoms with Crippen molar-refractivity contribution in [3.05, 3.63) is 11.6 Å². The van der Waals surface area contributed by atoms with Crippen molar-refractivity contribution in [2.24, 2.45) is 0 Å². The number of rotatable bonds is 5. The number of ether oxygens (including phenoxy) is 1. The van der Waals surface area contributed by atoms with Gasteiger partial charge in [0.05, 0.1) is 6.42 Å². The molecule has 0 radical (unpaired) electrons. The quantitative estimate of drug-likeness (QED) is 0.834. The maximum Gasteiger partial charge on any atom is 0.303 e. The molecule has 0 saturated heterocycles. The minimum Gasteiger partial charge on any atom is -0.481 e. The van der Waals surface area contributed by atoms with Crippen molar-refractivity contribution in [3.63, 3.8) is 0 Å². The number of fused-ring (bicyclic) bond motifs is 1. The van der Waals surface area contributed by atoms with E-state index in [1.807, 2.05) is 11.6 Å². The van der Waals surface area contributed by atoms with E-state index in [1.54, 1.807) is 0 Å². The molecule has 0 amide bonds. The van der Waals surface area contributed by atoms with Crippen molar-refractivity contribution in [2.45, 2.75) is 45.3 Å². The summed E-state index contributed by atoms with van der Waals surface area (Å²) in [7, 11) is 0. The molecule has 1 unspecified atom stereocenters. The Hall–Kier alpha value is -1.43. The van der Waals surface area contributed by atoms with Gasteiger partial charge in [0.15, 0.2) is 11.6 Å². The highest BCUT2D eigenvalue weighted by atomic mass is 16.5. The van der Waals surface area contributed by atoms with Crippen LogP contribution in [0.25, 0.3) is 0 Å². The molecule has 0 bridgehead atoms. The van der Waals surface area contributed by atoms with Gasteiger partial charge in [-0.15, -0.1) is 0 Å². The Morgan fingerprint density at radius 1 is 1.65 bits per heavy atom. The van der Waals surface area contributed by atoms with Crippen LogP contribution in [0.4, 0.5) is 0 Å². The fraction of sp³-hybridized carbons (Fsp3) is 0.727. The summed E-state index contributed by atoms with van der Waals surface area (Å²) in [6.45, 7) is 3.46. The first-order chi connectivity index (χ1) is 8.20. The SMILES string of the molecule is CCOC1CCCn2nc(CCC(=O)O)nc21. The van der Waals surface area contributed by atoms with Crippen LogP contribution in [0.2, 0.25) is 0 Å².